The first-order chi connectivity index (χ1) is 23.1. The molecule has 3 heterocycles. The molecule has 2 N–H and O–H groups in total. The molecule has 270 valence electrons. The van der Waals surface area contributed by atoms with Crippen molar-refractivity contribution in [2.45, 2.75) is 107 Å². The summed E-state index contributed by atoms with van der Waals surface area (Å²) in [7, 11) is 0. The average molecular weight is 745 g/mol. The van der Waals surface area contributed by atoms with Crippen LogP contribution in [0.15, 0.2) is 55.6 Å². The molecule has 4 rings (SSSR count). The number of alkyl halides is 1. The molecule has 3 saturated heterocycles. The van der Waals surface area contributed by atoms with E-state index >= 15 is 0 Å². The van der Waals surface area contributed by atoms with Gasteiger partial charge in [0.15, 0.2) is 0 Å². The maximum absolute atomic E-state index is 14.9. The highest BCUT2D eigenvalue weighted by Crippen LogP contribution is 2.60. The van der Waals surface area contributed by atoms with Crippen LogP contribution in [0.4, 0.5) is 0 Å². The molecule has 3 fully saturated rings. The number of hydrogen-bond acceptors (Lipinski definition) is 7. The number of ether oxygens (including phenoxy) is 2. The number of rotatable bonds is 17. The van der Waals surface area contributed by atoms with E-state index in [1.54, 1.807) is 22.0 Å². The predicted molar refractivity (Wildman–Crippen MR) is 192 cm³/mol. The lowest BCUT2D eigenvalue weighted by atomic mass is 9.70. The molecule has 0 saturated carbocycles. The minimum atomic E-state index is -1.23. The second-order valence-electron chi connectivity index (χ2n) is 15.4. The number of carbonyl (C=O) groups excluding carboxylic acids is 4. The molecule has 1 aromatic carbocycles. The first-order valence-electron chi connectivity index (χ1n) is 17.4. The number of nitrogens with zero attached hydrogens (tertiary/aromatic N) is 2. The highest BCUT2D eigenvalue weighted by molar-refractivity contribution is 9.09. The van der Waals surface area contributed by atoms with Crippen LogP contribution in [-0.4, -0.2) is 93.0 Å². The standard InChI is InChI=1S/C38H54BrN3O7/c1-8-10-18-28(44)48-23-27(25-16-12-11-13-17-25)40-33(45)29-30-34(46)41(20-14-15-21-43)32(38(30)22-26(39)31(29)49-38)35(47)42(19-9-2)37(6,7)24-36(3,4)5/h8-9,11-13,16-17,26-27,29-32,43H,1-2,10,14-15,18-24H2,3-7H3,(H,40,45)/t26?,27-,29-,30+,31-,32-,38+/m0/s1. The van der Waals surface area contributed by atoms with E-state index in [1.807, 2.05) is 44.2 Å². The number of fused-ring (bicyclic) bond motifs is 1. The van der Waals surface area contributed by atoms with Crippen LogP contribution in [0.2, 0.25) is 0 Å². The fourth-order valence-corrected chi connectivity index (χ4v) is 9.23. The second kappa shape index (κ2) is 15.9. The van der Waals surface area contributed by atoms with Gasteiger partial charge < -0.3 is 29.7 Å². The first-order valence-corrected chi connectivity index (χ1v) is 18.3. The van der Waals surface area contributed by atoms with Gasteiger partial charge in [-0.2, -0.15) is 0 Å². The summed E-state index contributed by atoms with van der Waals surface area (Å²) in [5, 5.41) is 12.6. The predicted octanol–water partition coefficient (Wildman–Crippen LogP) is 5.10. The van der Waals surface area contributed by atoms with Gasteiger partial charge in [0, 0.05) is 36.5 Å². The third kappa shape index (κ3) is 8.31. The van der Waals surface area contributed by atoms with E-state index in [0.29, 0.717) is 32.1 Å². The lowest BCUT2D eigenvalue weighted by Crippen LogP contribution is -2.61. The van der Waals surface area contributed by atoms with Gasteiger partial charge in [0.1, 0.15) is 18.2 Å². The molecule has 11 heteroatoms. The third-order valence-corrected chi connectivity index (χ3v) is 10.7. The van der Waals surface area contributed by atoms with Crippen LogP contribution in [-0.2, 0) is 28.7 Å². The molecule has 1 spiro atoms. The molecule has 10 nitrogen and oxygen atoms in total. The Morgan fingerprint density at radius 3 is 2.47 bits per heavy atom. The Morgan fingerprint density at radius 2 is 1.86 bits per heavy atom. The summed E-state index contributed by atoms with van der Waals surface area (Å²) in [6.07, 6.45) is 5.41. The van der Waals surface area contributed by atoms with E-state index in [-0.39, 0.29) is 54.8 Å². The summed E-state index contributed by atoms with van der Waals surface area (Å²) in [5.41, 5.74) is -1.15. The van der Waals surface area contributed by atoms with Gasteiger partial charge in [-0.15, -0.1) is 13.2 Å². The van der Waals surface area contributed by atoms with Crippen molar-refractivity contribution in [1.29, 1.82) is 0 Å². The summed E-state index contributed by atoms with van der Waals surface area (Å²) in [4.78, 5) is 59.4. The zero-order valence-corrected chi connectivity index (χ0v) is 31.2. The summed E-state index contributed by atoms with van der Waals surface area (Å²) in [5.74, 6) is -3.10. The van der Waals surface area contributed by atoms with E-state index in [1.165, 1.54) is 0 Å². The van der Waals surface area contributed by atoms with Gasteiger partial charge in [-0.25, -0.2) is 0 Å². The van der Waals surface area contributed by atoms with Gasteiger partial charge in [0.25, 0.3) is 0 Å². The lowest BCUT2D eigenvalue weighted by Gasteiger charge is -2.45. The van der Waals surface area contributed by atoms with Gasteiger partial charge in [-0.3, -0.25) is 19.2 Å². The summed E-state index contributed by atoms with van der Waals surface area (Å²) < 4.78 is 12.3. The number of unbranched alkanes of at least 4 members (excludes halogenated alkanes) is 1. The summed E-state index contributed by atoms with van der Waals surface area (Å²) in [6, 6.07) is 7.62. The quantitative estimate of drug-likeness (QED) is 0.0985. The van der Waals surface area contributed by atoms with Crippen LogP contribution >= 0.6 is 15.9 Å². The van der Waals surface area contributed by atoms with Gasteiger partial charge in [0.2, 0.25) is 17.7 Å². The SMILES string of the molecule is C=CCCC(=O)OC[C@H](NC(=O)[C@@H]1[C@H]2O[C@@]3(CC2Br)[C@H](C(=O)N(CC=C)C(C)(C)CC(C)(C)C)N(CCCCO)C(=O)[C@@H]13)c1ccccc1. The maximum Gasteiger partial charge on any atom is 0.306 e. The fourth-order valence-electron chi connectivity index (χ4n) is 8.29. The van der Waals surface area contributed by atoms with Crippen LogP contribution < -0.4 is 5.32 Å². The monoisotopic (exact) mass is 743 g/mol. The highest BCUT2D eigenvalue weighted by Gasteiger charge is 2.76. The zero-order chi connectivity index (χ0) is 36.1. The van der Waals surface area contributed by atoms with E-state index in [2.05, 4.69) is 55.2 Å². The Balaban J connectivity index is 1.70. The number of amides is 3. The number of nitrogens with one attached hydrogen (secondary N) is 1. The third-order valence-electron chi connectivity index (χ3n) is 9.89. The molecule has 3 aliphatic heterocycles. The van der Waals surface area contributed by atoms with Crippen molar-refractivity contribution in [3.05, 3.63) is 61.2 Å². The Hall–Kier alpha value is -3.02. The Labute approximate surface area is 299 Å². The fraction of sp³-hybridized carbons (Fsp3) is 0.632. The Bertz CT molecular complexity index is 1380. The van der Waals surface area contributed by atoms with Crippen LogP contribution in [0.25, 0.3) is 0 Å². The number of esters is 1. The van der Waals surface area contributed by atoms with E-state index < -0.39 is 53.0 Å². The van der Waals surface area contributed by atoms with E-state index in [9.17, 15) is 24.3 Å². The average Bonchev–Trinajstić information content (AvgIpc) is 3.63. The molecule has 3 amide bonds. The lowest BCUT2D eigenvalue weighted by molar-refractivity contribution is -0.153. The second-order valence-corrected chi connectivity index (χ2v) is 16.6. The van der Waals surface area contributed by atoms with Gasteiger partial charge in [-0.05, 0) is 56.9 Å². The number of carbonyl (C=O) groups is 4. The molecule has 0 aromatic heterocycles. The number of likely N-dealkylation sites (tertiary alicyclic amines) is 1. The van der Waals surface area contributed by atoms with Gasteiger partial charge in [-0.1, -0.05) is 79.2 Å². The minimum Gasteiger partial charge on any atom is -0.463 e. The van der Waals surface area contributed by atoms with E-state index in [0.717, 1.165) is 5.56 Å². The molecular weight excluding hydrogens is 690 g/mol. The van der Waals surface area contributed by atoms with Gasteiger partial charge >= 0.3 is 5.97 Å². The number of benzene rings is 1. The molecular formula is C38H54BrN3O7. The minimum absolute atomic E-state index is 0.0392. The van der Waals surface area contributed by atoms with Crippen LogP contribution in [0, 0.1) is 17.3 Å². The van der Waals surface area contributed by atoms with E-state index in [4.69, 9.17) is 9.47 Å². The topological polar surface area (TPSA) is 125 Å². The van der Waals surface area contributed by atoms with Crippen molar-refractivity contribution in [3.8, 4) is 0 Å². The molecule has 3 aliphatic rings. The zero-order valence-electron chi connectivity index (χ0n) is 29.7. The Kier molecular flexibility index (Phi) is 12.6. The maximum atomic E-state index is 14.9. The normalized spacial score (nSPS) is 26.6. The number of allylic oxidation sites excluding steroid dienone is 1. The van der Waals surface area contributed by atoms with Crippen LogP contribution in [0.3, 0.4) is 0 Å². The number of halogens is 1. The molecule has 7 atom stereocenters. The van der Waals surface area contributed by atoms with Crippen molar-refractivity contribution in [2.24, 2.45) is 17.3 Å². The number of hydrogen-bond donors (Lipinski definition) is 2. The summed E-state index contributed by atoms with van der Waals surface area (Å²) >= 11 is 3.76. The molecule has 0 aliphatic carbocycles. The summed E-state index contributed by atoms with van der Waals surface area (Å²) in [6.45, 7) is 18.5. The molecule has 2 bridgehead atoms. The highest BCUT2D eigenvalue weighted by atomic mass is 79.9. The number of aliphatic hydroxyl groups excluding tert-OH is 1. The molecule has 0 radical (unpaired) electrons. The van der Waals surface area contributed by atoms with Crippen molar-refractivity contribution in [2.75, 3.05) is 26.3 Å². The molecule has 1 aromatic rings. The largest absolute Gasteiger partial charge is 0.463 e. The molecule has 49 heavy (non-hydrogen) atoms. The molecule has 1 unspecified atom stereocenters. The number of aliphatic hydroxyl groups is 1. The van der Waals surface area contributed by atoms with Gasteiger partial charge in [0.05, 0.1) is 24.0 Å². The van der Waals surface area contributed by atoms with Crippen molar-refractivity contribution in [3.63, 3.8) is 0 Å². The smallest absolute Gasteiger partial charge is 0.306 e. The van der Waals surface area contributed by atoms with Crippen molar-refractivity contribution >= 4 is 39.6 Å². The van der Waals surface area contributed by atoms with Crippen LogP contribution in [0.1, 0.15) is 84.7 Å². The Morgan fingerprint density at radius 1 is 1.16 bits per heavy atom. The van der Waals surface area contributed by atoms with Crippen LogP contribution in [0.5, 0.6) is 0 Å². The van der Waals surface area contributed by atoms with Crippen molar-refractivity contribution in [1.82, 2.24) is 15.1 Å². The first kappa shape index (κ1) is 38.8. The van der Waals surface area contributed by atoms with Crippen molar-refractivity contribution < 1.29 is 33.8 Å².